The summed E-state index contributed by atoms with van der Waals surface area (Å²) in [5.41, 5.74) is 0.689. The molecule has 2 aromatic rings. The van der Waals surface area contributed by atoms with Gasteiger partial charge in [0.15, 0.2) is 5.03 Å². The lowest BCUT2D eigenvalue weighted by Crippen LogP contribution is -2.35. The Balaban J connectivity index is 1.78. The topological polar surface area (TPSA) is 86.5 Å². The summed E-state index contributed by atoms with van der Waals surface area (Å²) in [5, 5.41) is 10.4. The Hall–Kier alpha value is -2.42. The minimum Gasteiger partial charge on any atom is -0.492 e. The maximum absolute atomic E-state index is 13.1. The van der Waals surface area contributed by atoms with Crippen molar-refractivity contribution in [2.45, 2.75) is 43.9 Å². The largest absolute Gasteiger partial charge is 0.492 e. The van der Waals surface area contributed by atoms with E-state index in [4.69, 9.17) is 9.47 Å². The van der Waals surface area contributed by atoms with Crippen LogP contribution in [0.3, 0.4) is 0 Å². The van der Waals surface area contributed by atoms with E-state index in [-0.39, 0.29) is 24.2 Å². The molecular weight excluding hydrogens is 414 g/mol. The molecule has 1 aliphatic carbocycles. The van der Waals surface area contributed by atoms with Crippen LogP contribution in [0.1, 0.15) is 26.5 Å². The zero-order valence-electron chi connectivity index (χ0n) is 18.3. The number of pyridine rings is 1. The summed E-state index contributed by atoms with van der Waals surface area (Å²) in [6.45, 7) is 5.51. The standard InChI is InChI=1S/C23H29N3O4S/c1-16-18(8-9-19(20(16)29-4)30-15-23(2,3)28)26-13-12-25-21(22(26)27)31-14-10-17-7-5-6-11-24-17/h5-9,11-13,16,20,28H,10,14-15H2,1-4H3. The van der Waals surface area contributed by atoms with E-state index < -0.39 is 5.60 Å². The van der Waals surface area contributed by atoms with Gasteiger partial charge in [-0.25, -0.2) is 4.98 Å². The third kappa shape index (κ3) is 6.06. The first kappa shape index (κ1) is 23.2. The van der Waals surface area contributed by atoms with E-state index in [0.717, 1.165) is 17.8 Å². The molecule has 3 rings (SSSR count). The molecule has 0 aliphatic heterocycles. The second kappa shape index (κ2) is 10.3. The first-order valence-electron chi connectivity index (χ1n) is 10.2. The van der Waals surface area contributed by atoms with Gasteiger partial charge in [-0.15, -0.1) is 11.8 Å². The van der Waals surface area contributed by atoms with Crippen LogP contribution < -0.4 is 5.56 Å². The minimum absolute atomic E-state index is 0.127. The van der Waals surface area contributed by atoms with Gasteiger partial charge in [0.1, 0.15) is 18.5 Å². The zero-order chi connectivity index (χ0) is 22.4. The summed E-state index contributed by atoms with van der Waals surface area (Å²) in [6.07, 6.45) is 9.16. The predicted molar refractivity (Wildman–Crippen MR) is 122 cm³/mol. The van der Waals surface area contributed by atoms with E-state index in [1.54, 1.807) is 50.2 Å². The Morgan fingerprint density at radius 3 is 2.71 bits per heavy atom. The molecular formula is C23H29N3O4S. The van der Waals surface area contributed by atoms with Gasteiger partial charge < -0.3 is 14.6 Å². The van der Waals surface area contributed by atoms with Gasteiger partial charge in [0, 0.05) is 48.8 Å². The van der Waals surface area contributed by atoms with Gasteiger partial charge in [-0.2, -0.15) is 0 Å². The fourth-order valence-electron chi connectivity index (χ4n) is 3.32. The Morgan fingerprint density at radius 2 is 2.03 bits per heavy atom. The Bertz CT molecular complexity index is 996. The Labute approximate surface area is 186 Å². The summed E-state index contributed by atoms with van der Waals surface area (Å²) in [4.78, 5) is 21.7. The number of hydrogen-bond donors (Lipinski definition) is 1. The van der Waals surface area contributed by atoms with Crippen LogP contribution in [0.2, 0.25) is 0 Å². The summed E-state index contributed by atoms with van der Waals surface area (Å²) >= 11 is 1.43. The van der Waals surface area contributed by atoms with Crippen LogP contribution in [0.25, 0.3) is 5.70 Å². The molecule has 0 spiro atoms. The lowest BCUT2D eigenvalue weighted by Gasteiger charge is -2.32. The van der Waals surface area contributed by atoms with Crippen LogP contribution in [0.5, 0.6) is 0 Å². The number of methoxy groups -OCH3 is 1. The van der Waals surface area contributed by atoms with Crippen LogP contribution in [0.15, 0.2) is 64.5 Å². The maximum atomic E-state index is 13.1. The molecule has 2 atom stereocenters. The van der Waals surface area contributed by atoms with E-state index in [2.05, 4.69) is 9.97 Å². The lowest BCUT2D eigenvalue weighted by atomic mass is 9.93. The number of ether oxygens (including phenoxy) is 2. The number of allylic oxidation sites excluding steroid dienone is 2. The second-order valence-corrected chi connectivity index (χ2v) is 9.12. The number of nitrogens with zero attached hydrogens (tertiary/aromatic N) is 3. The fraction of sp³-hybridized carbons (Fsp3) is 0.435. The number of aryl methyl sites for hydroxylation is 1. The van der Waals surface area contributed by atoms with Crippen molar-refractivity contribution >= 4 is 17.5 Å². The van der Waals surface area contributed by atoms with Crippen LogP contribution in [0.4, 0.5) is 0 Å². The Morgan fingerprint density at radius 1 is 1.23 bits per heavy atom. The van der Waals surface area contributed by atoms with Gasteiger partial charge in [-0.05, 0) is 44.6 Å². The van der Waals surface area contributed by atoms with Gasteiger partial charge in [-0.1, -0.05) is 13.0 Å². The first-order valence-corrected chi connectivity index (χ1v) is 11.2. The molecule has 8 heteroatoms. The molecule has 0 fully saturated rings. The molecule has 0 amide bonds. The van der Waals surface area contributed by atoms with Crippen LogP contribution in [-0.2, 0) is 15.9 Å². The summed E-state index contributed by atoms with van der Waals surface area (Å²) < 4.78 is 13.1. The van der Waals surface area contributed by atoms with Crippen molar-refractivity contribution in [2.24, 2.45) is 5.92 Å². The van der Waals surface area contributed by atoms with Gasteiger partial charge in [0.2, 0.25) is 0 Å². The van der Waals surface area contributed by atoms with E-state index in [9.17, 15) is 9.90 Å². The van der Waals surface area contributed by atoms with Crippen LogP contribution >= 0.6 is 11.8 Å². The molecule has 0 aromatic carbocycles. The Kier molecular flexibility index (Phi) is 7.69. The van der Waals surface area contributed by atoms with E-state index in [0.29, 0.717) is 16.5 Å². The molecule has 1 aliphatic rings. The van der Waals surface area contributed by atoms with Crippen LogP contribution in [0, 0.1) is 5.92 Å². The molecule has 31 heavy (non-hydrogen) atoms. The summed E-state index contributed by atoms with van der Waals surface area (Å²) in [5.74, 6) is 1.22. The highest BCUT2D eigenvalue weighted by Gasteiger charge is 2.31. The van der Waals surface area contributed by atoms with E-state index >= 15 is 0 Å². The van der Waals surface area contributed by atoms with Crippen molar-refractivity contribution in [1.29, 1.82) is 0 Å². The minimum atomic E-state index is -0.949. The van der Waals surface area contributed by atoms with E-state index in [1.807, 2.05) is 31.2 Å². The van der Waals surface area contributed by atoms with Gasteiger partial charge in [0.05, 0.1) is 5.60 Å². The highest BCUT2D eigenvalue weighted by atomic mass is 32.2. The monoisotopic (exact) mass is 443 g/mol. The van der Waals surface area contributed by atoms with Gasteiger partial charge in [-0.3, -0.25) is 14.3 Å². The van der Waals surface area contributed by atoms with Crippen molar-refractivity contribution in [3.63, 3.8) is 0 Å². The predicted octanol–water partition coefficient (Wildman–Crippen LogP) is 3.15. The molecule has 0 saturated carbocycles. The number of aromatic nitrogens is 3. The highest BCUT2D eigenvalue weighted by Crippen LogP contribution is 2.31. The quantitative estimate of drug-likeness (QED) is 0.596. The fourth-order valence-corrected chi connectivity index (χ4v) is 4.18. The maximum Gasteiger partial charge on any atom is 0.287 e. The van der Waals surface area contributed by atoms with Crippen LogP contribution in [-0.4, -0.2) is 50.8 Å². The smallest absolute Gasteiger partial charge is 0.287 e. The molecule has 2 aromatic heterocycles. The summed E-state index contributed by atoms with van der Waals surface area (Å²) in [7, 11) is 1.61. The summed E-state index contributed by atoms with van der Waals surface area (Å²) in [6, 6.07) is 5.81. The van der Waals surface area contributed by atoms with Crippen molar-refractivity contribution in [3.05, 3.63) is 70.7 Å². The lowest BCUT2D eigenvalue weighted by molar-refractivity contribution is -0.0254. The molecule has 0 bridgehead atoms. The molecule has 0 saturated heterocycles. The van der Waals surface area contributed by atoms with Crippen molar-refractivity contribution in [2.75, 3.05) is 19.5 Å². The molecule has 166 valence electrons. The average Bonchev–Trinajstić information content (AvgIpc) is 2.74. The van der Waals surface area contributed by atoms with Gasteiger partial charge in [0.25, 0.3) is 5.56 Å². The molecule has 0 radical (unpaired) electrons. The van der Waals surface area contributed by atoms with Crippen molar-refractivity contribution < 1.29 is 14.6 Å². The average molecular weight is 444 g/mol. The molecule has 2 unspecified atom stereocenters. The SMILES string of the molecule is COC1C(OCC(C)(C)O)=CC=C(n2ccnc(SCCc3ccccn3)c2=O)C1C. The third-order valence-electron chi connectivity index (χ3n) is 4.88. The molecule has 2 heterocycles. The van der Waals surface area contributed by atoms with Crippen molar-refractivity contribution in [1.82, 2.24) is 14.5 Å². The highest BCUT2D eigenvalue weighted by molar-refractivity contribution is 7.99. The molecule has 1 N–H and O–H groups in total. The van der Waals surface area contributed by atoms with Crippen molar-refractivity contribution in [3.8, 4) is 0 Å². The number of aliphatic hydroxyl groups is 1. The zero-order valence-corrected chi connectivity index (χ0v) is 19.1. The third-order valence-corrected chi connectivity index (χ3v) is 5.84. The second-order valence-electron chi connectivity index (χ2n) is 8.03. The first-order chi connectivity index (χ1) is 14.8. The molecule has 7 nitrogen and oxygen atoms in total. The number of rotatable bonds is 9. The van der Waals surface area contributed by atoms with E-state index in [1.165, 1.54) is 11.8 Å². The van der Waals surface area contributed by atoms with Gasteiger partial charge >= 0.3 is 0 Å². The normalized spacial score (nSPS) is 19.0. The number of hydrogen-bond acceptors (Lipinski definition) is 7. The number of thioether (sulfide) groups is 1.